The van der Waals surface area contributed by atoms with Crippen LogP contribution in [-0.4, -0.2) is 32.0 Å². The first-order chi connectivity index (χ1) is 9.39. The Hall–Kier alpha value is -1.86. The number of rotatable bonds is 5. The van der Waals surface area contributed by atoms with Crippen LogP contribution in [-0.2, 0) is 16.6 Å². The van der Waals surface area contributed by atoms with Crippen LogP contribution >= 0.6 is 0 Å². The molecule has 7 heteroatoms. The molecule has 2 aromatic rings. The van der Waals surface area contributed by atoms with Gasteiger partial charge in [0, 0.05) is 25.8 Å². The van der Waals surface area contributed by atoms with Gasteiger partial charge < -0.3 is 9.84 Å². The van der Waals surface area contributed by atoms with E-state index in [1.807, 2.05) is 13.0 Å². The van der Waals surface area contributed by atoms with Gasteiger partial charge in [-0.3, -0.25) is 0 Å². The highest BCUT2D eigenvalue weighted by Gasteiger charge is 2.16. The molecule has 20 heavy (non-hydrogen) atoms. The first-order valence-corrected chi connectivity index (χ1v) is 7.52. The fraction of sp³-hybridized carbons (Fsp3) is 0.308. The summed E-state index contributed by atoms with van der Waals surface area (Å²) in [6, 6.07) is 8.45. The minimum atomic E-state index is -3.38. The summed E-state index contributed by atoms with van der Waals surface area (Å²) in [7, 11) is -0.363. The molecule has 0 unspecified atom stereocenters. The molecular weight excluding hydrogens is 278 g/mol. The second-order valence-electron chi connectivity index (χ2n) is 4.59. The molecule has 108 valence electrons. The van der Waals surface area contributed by atoms with Gasteiger partial charge in [-0.2, -0.15) is 0 Å². The Morgan fingerprint density at radius 1 is 1.25 bits per heavy atom. The monoisotopic (exact) mass is 295 g/mol. The maximum absolute atomic E-state index is 11.9. The van der Waals surface area contributed by atoms with Crippen LogP contribution in [0.1, 0.15) is 11.5 Å². The number of aromatic nitrogens is 1. The number of aryl methyl sites for hydroxylation is 1. The van der Waals surface area contributed by atoms with Crippen molar-refractivity contribution in [3.05, 3.63) is 41.8 Å². The fourth-order valence-corrected chi connectivity index (χ4v) is 2.55. The minimum absolute atomic E-state index is 0.269. The Morgan fingerprint density at radius 2 is 1.90 bits per heavy atom. The van der Waals surface area contributed by atoms with E-state index in [4.69, 9.17) is 4.52 Å². The molecule has 0 aliphatic carbocycles. The molecule has 2 rings (SSSR count). The van der Waals surface area contributed by atoms with Crippen LogP contribution in [0.25, 0.3) is 0 Å². The summed E-state index contributed by atoms with van der Waals surface area (Å²) >= 11 is 0. The van der Waals surface area contributed by atoms with E-state index < -0.39 is 10.0 Å². The molecule has 1 aromatic carbocycles. The molecular formula is C13H17N3O3S. The Morgan fingerprint density at radius 3 is 2.40 bits per heavy atom. The second kappa shape index (κ2) is 5.64. The molecule has 1 N–H and O–H groups in total. The van der Waals surface area contributed by atoms with Crippen molar-refractivity contribution in [3.8, 4) is 0 Å². The first kappa shape index (κ1) is 14.5. The van der Waals surface area contributed by atoms with Crippen molar-refractivity contribution in [2.45, 2.75) is 18.4 Å². The number of nitrogens with zero attached hydrogens (tertiary/aromatic N) is 2. The maximum Gasteiger partial charge on any atom is 0.242 e. The van der Waals surface area contributed by atoms with Crippen LogP contribution in [0.2, 0.25) is 0 Å². The van der Waals surface area contributed by atoms with Crippen LogP contribution < -0.4 is 5.32 Å². The van der Waals surface area contributed by atoms with E-state index in [-0.39, 0.29) is 4.90 Å². The fourth-order valence-electron chi connectivity index (χ4n) is 1.65. The highest BCUT2D eigenvalue weighted by Crippen LogP contribution is 2.17. The number of hydrogen-bond donors (Lipinski definition) is 1. The Balaban J connectivity index is 2.05. The Bertz CT molecular complexity index is 675. The smallest absolute Gasteiger partial charge is 0.242 e. The normalized spacial score (nSPS) is 11.8. The third-order valence-corrected chi connectivity index (χ3v) is 4.61. The minimum Gasteiger partial charge on any atom is -0.379 e. The van der Waals surface area contributed by atoms with Gasteiger partial charge in [0.15, 0.2) is 0 Å². The molecule has 0 radical (unpaired) electrons. The zero-order chi connectivity index (χ0) is 14.8. The lowest BCUT2D eigenvalue weighted by Gasteiger charge is -2.12. The van der Waals surface area contributed by atoms with E-state index in [0.29, 0.717) is 6.54 Å². The van der Waals surface area contributed by atoms with Crippen LogP contribution in [0.4, 0.5) is 5.69 Å². The molecule has 1 aromatic heterocycles. The SMILES string of the molecule is Cc1cc(CNc2ccc(S(=O)(=O)N(C)C)cc2)no1. The van der Waals surface area contributed by atoms with Gasteiger partial charge in [0.25, 0.3) is 0 Å². The van der Waals surface area contributed by atoms with Crippen molar-refractivity contribution >= 4 is 15.7 Å². The van der Waals surface area contributed by atoms with E-state index in [9.17, 15) is 8.42 Å². The van der Waals surface area contributed by atoms with Crippen LogP contribution in [0.5, 0.6) is 0 Å². The predicted octanol–water partition coefficient (Wildman–Crippen LogP) is 1.85. The lowest BCUT2D eigenvalue weighted by molar-refractivity contribution is 0.391. The number of sulfonamides is 1. The summed E-state index contributed by atoms with van der Waals surface area (Å²) in [5.74, 6) is 0.759. The highest BCUT2D eigenvalue weighted by atomic mass is 32.2. The highest BCUT2D eigenvalue weighted by molar-refractivity contribution is 7.89. The Kier molecular flexibility index (Phi) is 4.10. The number of anilines is 1. The van der Waals surface area contributed by atoms with Crippen molar-refractivity contribution in [1.82, 2.24) is 9.46 Å². The van der Waals surface area contributed by atoms with Gasteiger partial charge in [0.1, 0.15) is 11.5 Å². The van der Waals surface area contributed by atoms with Crippen LogP contribution in [0.15, 0.2) is 39.8 Å². The van der Waals surface area contributed by atoms with E-state index in [1.165, 1.54) is 18.4 Å². The molecule has 0 bridgehead atoms. The van der Waals surface area contributed by atoms with E-state index in [0.717, 1.165) is 17.1 Å². The Labute approximate surface area is 118 Å². The largest absolute Gasteiger partial charge is 0.379 e. The van der Waals surface area contributed by atoms with Crippen LogP contribution in [0, 0.1) is 6.92 Å². The quantitative estimate of drug-likeness (QED) is 0.911. The number of hydrogen-bond acceptors (Lipinski definition) is 5. The zero-order valence-corrected chi connectivity index (χ0v) is 12.4. The van der Waals surface area contributed by atoms with Gasteiger partial charge >= 0.3 is 0 Å². The third kappa shape index (κ3) is 3.17. The summed E-state index contributed by atoms with van der Waals surface area (Å²) in [6.07, 6.45) is 0. The van der Waals surface area contributed by atoms with Gasteiger partial charge in [-0.1, -0.05) is 5.16 Å². The lowest BCUT2D eigenvalue weighted by atomic mass is 10.3. The van der Waals surface area contributed by atoms with Crippen LogP contribution in [0.3, 0.4) is 0 Å². The first-order valence-electron chi connectivity index (χ1n) is 6.08. The average Bonchev–Trinajstić information content (AvgIpc) is 2.82. The molecule has 0 aliphatic rings. The summed E-state index contributed by atoms with van der Waals surface area (Å²) < 4.78 is 30.0. The molecule has 1 heterocycles. The van der Waals surface area contributed by atoms with E-state index in [2.05, 4.69) is 10.5 Å². The molecule has 0 fully saturated rings. The summed E-state index contributed by atoms with van der Waals surface area (Å²) in [5, 5.41) is 7.02. The number of benzene rings is 1. The molecule has 0 saturated carbocycles. The summed E-state index contributed by atoms with van der Waals surface area (Å²) in [6.45, 7) is 2.36. The average molecular weight is 295 g/mol. The van der Waals surface area contributed by atoms with Crippen molar-refractivity contribution in [2.75, 3.05) is 19.4 Å². The number of nitrogens with one attached hydrogen (secondary N) is 1. The molecule has 0 atom stereocenters. The van der Waals surface area contributed by atoms with Crippen molar-refractivity contribution in [3.63, 3.8) is 0 Å². The third-order valence-electron chi connectivity index (χ3n) is 2.78. The van der Waals surface area contributed by atoms with Gasteiger partial charge in [-0.05, 0) is 31.2 Å². The van der Waals surface area contributed by atoms with Gasteiger partial charge in [0.2, 0.25) is 10.0 Å². The molecule has 0 spiro atoms. The molecule has 0 amide bonds. The van der Waals surface area contributed by atoms with Crippen molar-refractivity contribution in [1.29, 1.82) is 0 Å². The molecule has 6 nitrogen and oxygen atoms in total. The zero-order valence-electron chi connectivity index (χ0n) is 11.6. The topological polar surface area (TPSA) is 75.4 Å². The predicted molar refractivity (Wildman–Crippen MR) is 75.9 cm³/mol. The molecule has 0 aliphatic heterocycles. The van der Waals surface area contributed by atoms with E-state index in [1.54, 1.807) is 24.3 Å². The second-order valence-corrected chi connectivity index (χ2v) is 6.75. The maximum atomic E-state index is 11.9. The van der Waals surface area contributed by atoms with Crippen molar-refractivity contribution < 1.29 is 12.9 Å². The van der Waals surface area contributed by atoms with Gasteiger partial charge in [-0.15, -0.1) is 0 Å². The van der Waals surface area contributed by atoms with Gasteiger partial charge in [-0.25, -0.2) is 12.7 Å². The standard InChI is InChI=1S/C13H17N3O3S/c1-10-8-12(15-19-10)9-14-11-4-6-13(7-5-11)20(17,18)16(2)3/h4-8,14H,9H2,1-3H3. The summed E-state index contributed by atoms with van der Waals surface area (Å²) in [4.78, 5) is 0.269. The van der Waals surface area contributed by atoms with Gasteiger partial charge in [0.05, 0.1) is 11.4 Å². The molecule has 0 saturated heterocycles. The summed E-state index contributed by atoms with van der Waals surface area (Å²) in [5.41, 5.74) is 1.62. The van der Waals surface area contributed by atoms with E-state index >= 15 is 0 Å². The van der Waals surface area contributed by atoms with Crippen molar-refractivity contribution in [2.24, 2.45) is 0 Å². The lowest BCUT2D eigenvalue weighted by Crippen LogP contribution is -2.22.